The first-order chi connectivity index (χ1) is 18.3. The molecule has 1 saturated heterocycles. The van der Waals surface area contributed by atoms with Gasteiger partial charge in [0, 0.05) is 25.9 Å². The fraction of sp³-hybridized carbons (Fsp3) is 0.179. The van der Waals surface area contributed by atoms with Crippen molar-refractivity contribution in [3.8, 4) is 5.75 Å². The van der Waals surface area contributed by atoms with Crippen LogP contribution in [0.3, 0.4) is 0 Å². The Kier molecular flexibility index (Phi) is 6.72. The number of anilines is 1. The first-order valence-corrected chi connectivity index (χ1v) is 14.7. The minimum atomic E-state index is -0.699. The van der Waals surface area contributed by atoms with Crippen LogP contribution in [0, 0.1) is 12.8 Å². The van der Waals surface area contributed by atoms with Gasteiger partial charge in [-0.3, -0.25) is 14.4 Å². The van der Waals surface area contributed by atoms with Crippen LogP contribution in [-0.2, 0) is 16.2 Å². The molecule has 0 aliphatic carbocycles. The van der Waals surface area contributed by atoms with Crippen LogP contribution in [0.15, 0.2) is 81.0 Å². The van der Waals surface area contributed by atoms with Crippen molar-refractivity contribution in [2.75, 3.05) is 4.90 Å². The minimum Gasteiger partial charge on any atom is -0.489 e. The molecule has 0 radical (unpaired) electrons. The van der Waals surface area contributed by atoms with Crippen molar-refractivity contribution in [3.63, 3.8) is 0 Å². The Labute approximate surface area is 240 Å². The molecule has 1 fully saturated rings. The van der Waals surface area contributed by atoms with Crippen molar-refractivity contribution >= 4 is 68.1 Å². The molecule has 0 spiro atoms. The number of halogens is 2. The number of thiazole rings is 1. The third-order valence-corrected chi connectivity index (χ3v) is 9.84. The molecular weight excluding hydrogens is 608 g/mol. The standard InChI is InChI=1S/C28H20BrClN2O4S2/c1-14-5-8-18(9-6-14)32-26(33)22-21(23-25(31-28(35)38-23)37-24(22)27(32)34)19-12-16(29)7-10-20(19)36-13-15-3-2-4-17(30)11-15/h2-12,21-22,24H,13H2,1H3,(H,31,35)/t21-,22-,24+/m0/s1. The predicted molar refractivity (Wildman–Crippen MR) is 154 cm³/mol. The summed E-state index contributed by atoms with van der Waals surface area (Å²) in [6.07, 6.45) is 0. The first-order valence-electron chi connectivity index (χ1n) is 11.8. The Morgan fingerprint density at radius 2 is 1.82 bits per heavy atom. The van der Waals surface area contributed by atoms with E-state index in [1.165, 1.54) is 16.7 Å². The topological polar surface area (TPSA) is 79.5 Å². The Balaban J connectivity index is 1.45. The van der Waals surface area contributed by atoms with Gasteiger partial charge in [0.1, 0.15) is 17.6 Å². The van der Waals surface area contributed by atoms with E-state index in [4.69, 9.17) is 16.3 Å². The van der Waals surface area contributed by atoms with E-state index in [2.05, 4.69) is 20.9 Å². The third kappa shape index (κ3) is 4.51. The van der Waals surface area contributed by atoms with Crippen molar-refractivity contribution in [2.24, 2.45) is 5.92 Å². The average Bonchev–Trinajstić information content (AvgIpc) is 3.38. The highest BCUT2D eigenvalue weighted by molar-refractivity contribution is 9.10. The van der Waals surface area contributed by atoms with Crippen molar-refractivity contribution in [3.05, 3.63) is 107 Å². The quantitative estimate of drug-likeness (QED) is 0.255. The van der Waals surface area contributed by atoms with Gasteiger partial charge in [0.05, 0.1) is 16.6 Å². The van der Waals surface area contributed by atoms with Crippen LogP contribution in [0.4, 0.5) is 5.69 Å². The lowest BCUT2D eigenvalue weighted by Gasteiger charge is -2.31. The number of aromatic nitrogens is 1. The number of aromatic amines is 1. The molecule has 2 aliphatic heterocycles. The number of nitrogens with zero attached hydrogens (tertiary/aromatic N) is 1. The van der Waals surface area contributed by atoms with Crippen LogP contribution >= 0.6 is 50.6 Å². The lowest BCUT2D eigenvalue weighted by atomic mass is 9.82. The van der Waals surface area contributed by atoms with E-state index in [-0.39, 0.29) is 23.3 Å². The maximum Gasteiger partial charge on any atom is 0.305 e. The van der Waals surface area contributed by atoms with E-state index >= 15 is 0 Å². The summed E-state index contributed by atoms with van der Waals surface area (Å²) < 4.78 is 7.06. The van der Waals surface area contributed by atoms with Crippen LogP contribution in [-0.4, -0.2) is 22.0 Å². The molecule has 10 heteroatoms. The van der Waals surface area contributed by atoms with Gasteiger partial charge in [-0.05, 0) is 55.0 Å². The van der Waals surface area contributed by atoms with Crippen LogP contribution in [0.1, 0.15) is 27.5 Å². The van der Waals surface area contributed by atoms with Crippen LogP contribution in [0.5, 0.6) is 5.75 Å². The van der Waals surface area contributed by atoms with Crippen LogP contribution in [0.25, 0.3) is 0 Å². The number of fused-ring (bicyclic) bond motifs is 2. The summed E-state index contributed by atoms with van der Waals surface area (Å²) in [5.41, 5.74) is 3.21. The van der Waals surface area contributed by atoms with E-state index in [1.807, 2.05) is 55.5 Å². The number of carbonyl (C=O) groups excluding carboxylic acids is 2. The maximum atomic E-state index is 14.0. The molecule has 0 saturated carbocycles. The van der Waals surface area contributed by atoms with Gasteiger partial charge in [-0.25, -0.2) is 4.90 Å². The number of hydrogen-bond acceptors (Lipinski definition) is 6. The number of ether oxygens (including phenoxy) is 1. The SMILES string of the molecule is Cc1ccc(N2C(=O)[C@H]3[C@H](c4cc(Br)ccc4OCc4cccc(Cl)c4)c4sc(=O)[nH]c4S[C@H]3C2=O)cc1. The summed E-state index contributed by atoms with van der Waals surface area (Å²) in [5, 5.41) is 0.563. The first kappa shape index (κ1) is 25.4. The number of rotatable bonds is 5. The highest BCUT2D eigenvalue weighted by Gasteiger charge is 2.56. The number of hydrogen-bond donors (Lipinski definition) is 1. The normalized spacial score (nSPS) is 20.4. The fourth-order valence-electron chi connectivity index (χ4n) is 4.98. The van der Waals surface area contributed by atoms with Crippen molar-refractivity contribution < 1.29 is 14.3 Å². The molecule has 6 nitrogen and oxygen atoms in total. The zero-order valence-electron chi connectivity index (χ0n) is 19.9. The molecule has 1 N–H and O–H groups in total. The number of H-pyrrole nitrogens is 1. The Morgan fingerprint density at radius 3 is 2.58 bits per heavy atom. The van der Waals surface area contributed by atoms with Crippen LogP contribution < -0.4 is 14.5 Å². The second-order valence-corrected chi connectivity index (χ2v) is 12.7. The lowest BCUT2D eigenvalue weighted by molar-refractivity contribution is -0.122. The number of aryl methyl sites for hydroxylation is 1. The molecule has 2 amide bonds. The summed E-state index contributed by atoms with van der Waals surface area (Å²) >= 11 is 12.0. The van der Waals surface area contributed by atoms with Gasteiger partial charge < -0.3 is 9.72 Å². The molecule has 192 valence electrons. The van der Waals surface area contributed by atoms with E-state index in [1.54, 1.807) is 18.2 Å². The van der Waals surface area contributed by atoms with Crippen molar-refractivity contribution in [2.45, 2.75) is 29.7 Å². The summed E-state index contributed by atoms with van der Waals surface area (Å²) in [4.78, 5) is 44.8. The highest BCUT2D eigenvalue weighted by atomic mass is 79.9. The summed E-state index contributed by atoms with van der Waals surface area (Å²) in [5.74, 6) is -1.24. The number of amides is 2. The Hall–Kier alpha value is -2.85. The van der Waals surface area contributed by atoms with E-state index in [9.17, 15) is 14.4 Å². The summed E-state index contributed by atoms with van der Waals surface area (Å²) in [6.45, 7) is 2.22. The summed E-state index contributed by atoms with van der Waals surface area (Å²) in [6, 6.07) is 20.4. The second kappa shape index (κ2) is 10.0. The second-order valence-electron chi connectivity index (χ2n) is 9.20. The van der Waals surface area contributed by atoms with Gasteiger partial charge in [-0.15, -0.1) is 0 Å². The van der Waals surface area contributed by atoms with E-state index in [0.29, 0.717) is 21.5 Å². The van der Waals surface area contributed by atoms with Gasteiger partial charge in [-0.2, -0.15) is 0 Å². The molecule has 1 aromatic heterocycles. The van der Waals surface area contributed by atoms with Gasteiger partial charge in [0.15, 0.2) is 0 Å². The highest BCUT2D eigenvalue weighted by Crippen LogP contribution is 2.54. The number of imide groups is 1. The largest absolute Gasteiger partial charge is 0.489 e. The molecule has 38 heavy (non-hydrogen) atoms. The van der Waals surface area contributed by atoms with Crippen molar-refractivity contribution in [1.82, 2.24) is 4.98 Å². The fourth-order valence-corrected chi connectivity index (χ4v) is 8.08. The molecule has 3 heterocycles. The monoisotopic (exact) mass is 626 g/mol. The molecule has 6 rings (SSSR count). The zero-order valence-corrected chi connectivity index (χ0v) is 23.9. The van der Waals surface area contributed by atoms with Gasteiger partial charge >= 0.3 is 4.87 Å². The molecule has 3 atom stereocenters. The number of carbonyl (C=O) groups is 2. The lowest BCUT2D eigenvalue weighted by Crippen LogP contribution is -2.32. The van der Waals surface area contributed by atoms with Gasteiger partial charge in [-0.1, -0.05) is 80.5 Å². The number of nitrogens with one attached hydrogen (secondary N) is 1. The summed E-state index contributed by atoms with van der Waals surface area (Å²) in [7, 11) is 0. The van der Waals surface area contributed by atoms with Crippen LogP contribution in [0.2, 0.25) is 5.02 Å². The minimum absolute atomic E-state index is 0.223. The molecule has 0 unspecified atom stereocenters. The number of benzene rings is 3. The predicted octanol–water partition coefficient (Wildman–Crippen LogP) is 6.54. The van der Waals surface area contributed by atoms with Crippen molar-refractivity contribution in [1.29, 1.82) is 0 Å². The average molecular weight is 628 g/mol. The number of thioether (sulfide) groups is 1. The van der Waals surface area contributed by atoms with Gasteiger partial charge in [0.2, 0.25) is 11.8 Å². The zero-order chi connectivity index (χ0) is 26.6. The molecule has 4 aromatic rings. The Morgan fingerprint density at radius 1 is 1.03 bits per heavy atom. The smallest absolute Gasteiger partial charge is 0.305 e. The van der Waals surface area contributed by atoms with E-state index in [0.717, 1.165) is 37.4 Å². The van der Waals surface area contributed by atoms with E-state index < -0.39 is 17.1 Å². The molecular formula is C28H20BrClN2O4S2. The Bertz CT molecular complexity index is 1630. The molecule has 2 aliphatic rings. The maximum absolute atomic E-state index is 14.0. The molecule has 0 bridgehead atoms. The third-order valence-electron chi connectivity index (χ3n) is 6.71. The van der Waals surface area contributed by atoms with Gasteiger partial charge in [0.25, 0.3) is 0 Å². The molecule has 3 aromatic carbocycles.